The van der Waals surface area contributed by atoms with Crippen molar-refractivity contribution < 1.29 is 4.74 Å². The maximum Gasteiger partial charge on any atom is 0.119 e. The number of aryl methyl sites for hydroxylation is 1. The Morgan fingerprint density at radius 1 is 0.844 bits per heavy atom. The van der Waals surface area contributed by atoms with E-state index in [9.17, 15) is 0 Å². The van der Waals surface area contributed by atoms with Crippen LogP contribution in [0.1, 0.15) is 94.2 Å². The van der Waals surface area contributed by atoms with Crippen LogP contribution in [0.5, 0.6) is 5.75 Å². The van der Waals surface area contributed by atoms with Gasteiger partial charge in [0.15, 0.2) is 0 Å². The average molecular weight is 429 g/mol. The van der Waals surface area contributed by atoms with Gasteiger partial charge < -0.3 is 4.74 Å². The molecule has 1 aliphatic carbocycles. The van der Waals surface area contributed by atoms with Gasteiger partial charge in [0.2, 0.25) is 0 Å². The van der Waals surface area contributed by atoms with Gasteiger partial charge in [-0.25, -0.2) is 0 Å². The lowest BCUT2D eigenvalue weighted by Crippen LogP contribution is -2.11. The molecule has 1 heteroatoms. The Labute approximate surface area is 196 Å². The fourth-order valence-corrected chi connectivity index (χ4v) is 4.47. The average Bonchev–Trinajstić information content (AvgIpc) is 2.85. The minimum Gasteiger partial charge on any atom is -0.494 e. The summed E-state index contributed by atoms with van der Waals surface area (Å²) in [5, 5.41) is 0. The molecule has 2 aromatic carbocycles. The molecule has 1 nitrogen and oxygen atoms in total. The van der Waals surface area contributed by atoms with Crippen LogP contribution in [0.3, 0.4) is 0 Å². The summed E-state index contributed by atoms with van der Waals surface area (Å²) in [6.07, 6.45) is 16.7. The van der Waals surface area contributed by atoms with Gasteiger partial charge in [-0.1, -0.05) is 75.3 Å². The number of hydrogen-bond acceptors (Lipinski definition) is 1. The Morgan fingerprint density at radius 2 is 1.56 bits per heavy atom. The monoisotopic (exact) mass is 428 g/mol. The summed E-state index contributed by atoms with van der Waals surface area (Å²) in [5.74, 6) is 8.88. The van der Waals surface area contributed by atoms with Crippen molar-refractivity contribution in [3.05, 3.63) is 77.4 Å². The van der Waals surface area contributed by atoms with Crippen LogP contribution >= 0.6 is 0 Å². The number of allylic oxidation sites excluding steroid dienone is 2. The van der Waals surface area contributed by atoms with Crippen molar-refractivity contribution in [2.45, 2.75) is 84.0 Å². The second-order valence-electron chi connectivity index (χ2n) is 9.17. The van der Waals surface area contributed by atoms with Crippen LogP contribution < -0.4 is 4.74 Å². The highest BCUT2D eigenvalue weighted by Crippen LogP contribution is 2.36. The van der Waals surface area contributed by atoms with Gasteiger partial charge in [0, 0.05) is 5.56 Å². The van der Waals surface area contributed by atoms with Crippen molar-refractivity contribution in [3.8, 4) is 17.6 Å². The van der Waals surface area contributed by atoms with E-state index in [0.717, 1.165) is 24.3 Å². The van der Waals surface area contributed by atoms with Crippen LogP contribution in [-0.4, -0.2) is 6.61 Å². The molecule has 0 bridgehead atoms. The summed E-state index contributed by atoms with van der Waals surface area (Å²) in [7, 11) is 0. The third kappa shape index (κ3) is 8.23. The van der Waals surface area contributed by atoms with E-state index in [1.165, 1.54) is 68.9 Å². The van der Waals surface area contributed by atoms with Crippen LogP contribution in [0.4, 0.5) is 0 Å². The predicted octanol–water partition coefficient (Wildman–Crippen LogP) is 8.48. The molecule has 0 saturated heterocycles. The Bertz CT molecular complexity index is 855. The molecule has 1 aliphatic rings. The van der Waals surface area contributed by atoms with Crippen LogP contribution in [0.15, 0.2) is 60.7 Å². The lowest BCUT2D eigenvalue weighted by Gasteiger charge is -2.27. The molecule has 0 aromatic heterocycles. The minimum atomic E-state index is 0.665. The van der Waals surface area contributed by atoms with Crippen molar-refractivity contribution >= 4 is 0 Å². The summed E-state index contributed by atoms with van der Waals surface area (Å²) in [4.78, 5) is 0. The third-order valence-electron chi connectivity index (χ3n) is 6.58. The van der Waals surface area contributed by atoms with E-state index < -0.39 is 0 Å². The van der Waals surface area contributed by atoms with Gasteiger partial charge >= 0.3 is 0 Å². The highest BCUT2D eigenvalue weighted by molar-refractivity contribution is 5.38. The summed E-state index contributed by atoms with van der Waals surface area (Å²) < 4.78 is 5.85. The van der Waals surface area contributed by atoms with Crippen LogP contribution in [0.25, 0.3) is 0 Å². The van der Waals surface area contributed by atoms with Crippen molar-refractivity contribution in [2.24, 2.45) is 5.92 Å². The van der Waals surface area contributed by atoms with Crippen LogP contribution in [-0.2, 0) is 6.42 Å². The zero-order valence-corrected chi connectivity index (χ0v) is 20.1. The van der Waals surface area contributed by atoms with Gasteiger partial charge in [-0.15, -0.1) is 0 Å². The van der Waals surface area contributed by atoms with E-state index in [1.807, 2.05) is 0 Å². The third-order valence-corrected chi connectivity index (χ3v) is 6.58. The summed E-state index contributed by atoms with van der Waals surface area (Å²) in [6.45, 7) is 5.29. The molecular formula is C31H40O. The fraction of sp³-hybridized carbons (Fsp3) is 0.484. The molecule has 0 heterocycles. The van der Waals surface area contributed by atoms with Crippen LogP contribution in [0, 0.1) is 17.8 Å². The number of benzene rings is 2. The first-order valence-electron chi connectivity index (χ1n) is 12.8. The summed E-state index contributed by atoms with van der Waals surface area (Å²) in [6, 6.07) is 17.6. The lowest BCUT2D eigenvalue weighted by atomic mass is 9.78. The highest BCUT2D eigenvalue weighted by Gasteiger charge is 2.20. The van der Waals surface area contributed by atoms with Crippen molar-refractivity contribution in [1.29, 1.82) is 0 Å². The topological polar surface area (TPSA) is 9.23 Å². The van der Waals surface area contributed by atoms with Gasteiger partial charge in [-0.2, -0.15) is 0 Å². The number of hydrogen-bond donors (Lipinski definition) is 0. The van der Waals surface area contributed by atoms with Crippen molar-refractivity contribution in [2.75, 3.05) is 6.61 Å². The molecule has 0 aliphatic heterocycles. The molecule has 2 aromatic rings. The SMILES string of the molecule is CCCCCOc1ccc([C@H]2CC[C@H](/C=C/C#Cc3ccc(CCCC)cc3)CC2)cc1. The quantitative estimate of drug-likeness (QED) is 0.272. The largest absolute Gasteiger partial charge is 0.494 e. The molecule has 0 N–H and O–H groups in total. The molecule has 1 saturated carbocycles. The molecule has 0 amide bonds. The Balaban J connectivity index is 1.40. The first kappa shape index (κ1) is 24.2. The molecule has 0 spiro atoms. The molecule has 0 atom stereocenters. The Kier molecular flexibility index (Phi) is 10.5. The van der Waals surface area contributed by atoms with E-state index in [-0.39, 0.29) is 0 Å². The fourth-order valence-electron chi connectivity index (χ4n) is 4.47. The number of unbranched alkanes of at least 4 members (excludes halogenated alkanes) is 3. The normalized spacial score (nSPS) is 18.3. The van der Waals surface area contributed by atoms with E-state index in [0.29, 0.717) is 11.8 Å². The molecule has 170 valence electrons. The van der Waals surface area contributed by atoms with Gasteiger partial charge in [-0.3, -0.25) is 0 Å². The van der Waals surface area contributed by atoms with E-state index in [1.54, 1.807) is 0 Å². The van der Waals surface area contributed by atoms with Gasteiger partial charge in [0.1, 0.15) is 5.75 Å². The standard InChI is InChI=1S/C31H40O/c1-3-5-9-25-32-31-23-21-30(22-24-31)29-19-17-28(18-20-29)12-8-7-11-27-15-13-26(14-16-27)10-6-4-2/h8,12-16,21-24,28-29H,3-6,9-10,17-20,25H2,1-2H3/b12-8+/t28-,29-. The zero-order chi connectivity index (χ0) is 22.4. The first-order chi connectivity index (χ1) is 15.8. The Hall–Kier alpha value is -2.46. The number of rotatable bonds is 10. The van der Waals surface area contributed by atoms with E-state index in [2.05, 4.69) is 86.4 Å². The maximum absolute atomic E-state index is 5.85. The van der Waals surface area contributed by atoms with Gasteiger partial charge in [0.05, 0.1) is 6.61 Å². The van der Waals surface area contributed by atoms with Gasteiger partial charge in [-0.05, 0) is 98.2 Å². The highest BCUT2D eigenvalue weighted by atomic mass is 16.5. The molecule has 1 fully saturated rings. The smallest absolute Gasteiger partial charge is 0.119 e. The predicted molar refractivity (Wildman–Crippen MR) is 137 cm³/mol. The van der Waals surface area contributed by atoms with Crippen molar-refractivity contribution in [3.63, 3.8) is 0 Å². The Morgan fingerprint density at radius 3 is 2.25 bits per heavy atom. The van der Waals surface area contributed by atoms with Gasteiger partial charge in [0.25, 0.3) is 0 Å². The number of ether oxygens (including phenoxy) is 1. The molecule has 3 rings (SSSR count). The maximum atomic E-state index is 5.85. The second-order valence-corrected chi connectivity index (χ2v) is 9.17. The molecule has 32 heavy (non-hydrogen) atoms. The zero-order valence-electron chi connectivity index (χ0n) is 20.1. The van der Waals surface area contributed by atoms with Crippen molar-refractivity contribution in [1.82, 2.24) is 0 Å². The van der Waals surface area contributed by atoms with E-state index in [4.69, 9.17) is 4.74 Å². The summed E-state index contributed by atoms with van der Waals surface area (Å²) in [5.41, 5.74) is 3.99. The molecular weight excluding hydrogens is 388 g/mol. The van der Waals surface area contributed by atoms with Crippen LogP contribution in [0.2, 0.25) is 0 Å². The molecule has 0 unspecified atom stereocenters. The second kappa shape index (κ2) is 13.8. The minimum absolute atomic E-state index is 0.665. The summed E-state index contributed by atoms with van der Waals surface area (Å²) >= 11 is 0. The lowest BCUT2D eigenvalue weighted by molar-refractivity contribution is 0.306. The first-order valence-corrected chi connectivity index (χ1v) is 12.8. The molecule has 0 radical (unpaired) electrons. The van der Waals surface area contributed by atoms with E-state index >= 15 is 0 Å².